The lowest BCUT2D eigenvalue weighted by Crippen LogP contribution is -2.12. The van der Waals surface area contributed by atoms with E-state index in [0.29, 0.717) is 28.8 Å². The molecule has 130 valence electrons. The van der Waals surface area contributed by atoms with Crippen molar-refractivity contribution in [2.75, 3.05) is 6.61 Å². The molecule has 0 atom stereocenters. The average Bonchev–Trinajstić information content (AvgIpc) is 3.08. The largest absolute Gasteiger partial charge is 0.462 e. The van der Waals surface area contributed by atoms with Crippen molar-refractivity contribution in [3.8, 4) is 0 Å². The highest BCUT2D eigenvalue weighted by atomic mass is 32.2. The number of aromatic amines is 1. The predicted molar refractivity (Wildman–Crippen MR) is 97.8 cm³/mol. The SMILES string of the molecule is CCOC(=O)c1c(CSc2n[nH]c(CC)n2)nc2ccccc2c1C. The van der Waals surface area contributed by atoms with Crippen LogP contribution in [0.4, 0.5) is 0 Å². The zero-order valence-corrected chi connectivity index (χ0v) is 15.3. The number of esters is 1. The molecular formula is C18H20N4O2S. The fraction of sp³-hybridized carbons (Fsp3) is 0.333. The van der Waals surface area contributed by atoms with Gasteiger partial charge in [0, 0.05) is 17.6 Å². The van der Waals surface area contributed by atoms with Gasteiger partial charge in [0.2, 0.25) is 5.16 Å². The minimum Gasteiger partial charge on any atom is -0.462 e. The number of thioether (sulfide) groups is 1. The molecule has 0 saturated heterocycles. The van der Waals surface area contributed by atoms with Gasteiger partial charge in [-0.2, -0.15) is 0 Å². The van der Waals surface area contributed by atoms with Crippen molar-refractivity contribution in [2.45, 2.75) is 38.1 Å². The van der Waals surface area contributed by atoms with Crippen molar-refractivity contribution in [3.05, 3.63) is 46.9 Å². The molecular weight excluding hydrogens is 336 g/mol. The van der Waals surface area contributed by atoms with Crippen LogP contribution in [0.5, 0.6) is 0 Å². The molecule has 2 aromatic heterocycles. The van der Waals surface area contributed by atoms with E-state index in [1.54, 1.807) is 6.92 Å². The van der Waals surface area contributed by atoms with Gasteiger partial charge in [0.1, 0.15) is 5.82 Å². The Bertz CT molecular complexity index is 907. The molecule has 0 amide bonds. The van der Waals surface area contributed by atoms with Gasteiger partial charge in [-0.15, -0.1) is 5.10 Å². The fourth-order valence-electron chi connectivity index (χ4n) is 2.65. The lowest BCUT2D eigenvalue weighted by molar-refractivity contribution is 0.0524. The Morgan fingerprint density at radius 1 is 1.24 bits per heavy atom. The predicted octanol–water partition coefficient (Wildman–Crippen LogP) is 3.69. The van der Waals surface area contributed by atoms with Crippen LogP contribution in [0, 0.1) is 6.92 Å². The van der Waals surface area contributed by atoms with E-state index in [4.69, 9.17) is 9.72 Å². The van der Waals surface area contributed by atoms with Crippen LogP contribution in [0.2, 0.25) is 0 Å². The first-order chi connectivity index (χ1) is 12.1. The lowest BCUT2D eigenvalue weighted by Gasteiger charge is -2.13. The summed E-state index contributed by atoms with van der Waals surface area (Å²) < 4.78 is 5.25. The Morgan fingerprint density at radius 3 is 2.76 bits per heavy atom. The van der Waals surface area contributed by atoms with Crippen molar-refractivity contribution in [1.29, 1.82) is 0 Å². The number of benzene rings is 1. The van der Waals surface area contributed by atoms with Crippen LogP contribution in [-0.2, 0) is 16.9 Å². The summed E-state index contributed by atoms with van der Waals surface area (Å²) in [6.07, 6.45) is 0.801. The van der Waals surface area contributed by atoms with E-state index in [1.165, 1.54) is 11.8 Å². The van der Waals surface area contributed by atoms with Crippen LogP contribution in [0.1, 0.15) is 41.3 Å². The molecule has 3 rings (SSSR count). The zero-order chi connectivity index (χ0) is 17.8. The summed E-state index contributed by atoms with van der Waals surface area (Å²) in [5, 5.41) is 8.69. The maximum atomic E-state index is 12.5. The van der Waals surface area contributed by atoms with Gasteiger partial charge in [-0.1, -0.05) is 36.9 Å². The van der Waals surface area contributed by atoms with Crippen LogP contribution in [0.3, 0.4) is 0 Å². The Labute approximate surface area is 150 Å². The first-order valence-corrected chi connectivity index (χ1v) is 9.22. The van der Waals surface area contributed by atoms with Gasteiger partial charge in [0.05, 0.1) is 23.4 Å². The molecule has 6 nitrogen and oxygen atoms in total. The van der Waals surface area contributed by atoms with Gasteiger partial charge in [0.15, 0.2) is 0 Å². The van der Waals surface area contributed by atoms with E-state index >= 15 is 0 Å². The highest BCUT2D eigenvalue weighted by Gasteiger charge is 2.20. The molecule has 0 radical (unpaired) electrons. The van der Waals surface area contributed by atoms with Crippen LogP contribution in [-0.4, -0.2) is 32.7 Å². The standard InChI is InChI=1S/C18H20N4O2S/c1-4-15-20-18(22-21-15)25-10-14-16(17(23)24-5-2)11(3)12-8-6-7-9-13(12)19-14/h6-9H,4-5,10H2,1-3H3,(H,20,21,22). The summed E-state index contributed by atoms with van der Waals surface area (Å²) in [6.45, 7) is 6.09. The van der Waals surface area contributed by atoms with E-state index < -0.39 is 0 Å². The minimum atomic E-state index is -0.335. The molecule has 0 aliphatic carbocycles. The third kappa shape index (κ3) is 3.66. The third-order valence-electron chi connectivity index (χ3n) is 3.89. The van der Waals surface area contributed by atoms with Gasteiger partial charge in [-0.25, -0.2) is 9.78 Å². The van der Waals surface area contributed by atoms with Gasteiger partial charge in [-0.05, 0) is 25.5 Å². The first-order valence-electron chi connectivity index (χ1n) is 8.23. The molecule has 25 heavy (non-hydrogen) atoms. The van der Waals surface area contributed by atoms with Crippen LogP contribution in [0.25, 0.3) is 10.9 Å². The summed E-state index contributed by atoms with van der Waals surface area (Å²) in [5.74, 6) is 1.01. The van der Waals surface area contributed by atoms with Gasteiger partial charge < -0.3 is 4.74 Å². The molecule has 0 bridgehead atoms. The monoisotopic (exact) mass is 356 g/mol. The van der Waals surface area contributed by atoms with E-state index in [-0.39, 0.29) is 5.97 Å². The smallest absolute Gasteiger partial charge is 0.340 e. The second-order valence-electron chi connectivity index (χ2n) is 5.50. The van der Waals surface area contributed by atoms with E-state index in [2.05, 4.69) is 15.2 Å². The van der Waals surface area contributed by atoms with Crippen molar-refractivity contribution >= 4 is 28.6 Å². The number of carbonyl (C=O) groups excluding carboxylic acids is 1. The number of aryl methyl sites for hydroxylation is 2. The molecule has 0 aliphatic heterocycles. The van der Waals surface area contributed by atoms with E-state index in [1.807, 2.05) is 38.1 Å². The highest BCUT2D eigenvalue weighted by Crippen LogP contribution is 2.27. The highest BCUT2D eigenvalue weighted by molar-refractivity contribution is 7.98. The average molecular weight is 356 g/mol. The number of aromatic nitrogens is 4. The normalized spacial score (nSPS) is 11.0. The Hall–Kier alpha value is -2.41. The number of hydrogen-bond donors (Lipinski definition) is 1. The summed E-state index contributed by atoms with van der Waals surface area (Å²) in [5.41, 5.74) is 3.00. The number of pyridine rings is 1. The molecule has 1 aromatic carbocycles. The Morgan fingerprint density at radius 2 is 2.04 bits per heavy atom. The van der Waals surface area contributed by atoms with E-state index in [0.717, 1.165) is 28.7 Å². The van der Waals surface area contributed by atoms with Crippen LogP contribution >= 0.6 is 11.8 Å². The molecule has 0 aliphatic rings. The second-order valence-corrected chi connectivity index (χ2v) is 6.45. The maximum absolute atomic E-state index is 12.5. The summed E-state index contributed by atoms with van der Waals surface area (Å²) in [4.78, 5) is 21.6. The van der Waals surface area contributed by atoms with Gasteiger partial charge >= 0.3 is 5.97 Å². The van der Waals surface area contributed by atoms with Crippen molar-refractivity contribution in [1.82, 2.24) is 20.2 Å². The molecule has 0 fully saturated rings. The summed E-state index contributed by atoms with van der Waals surface area (Å²) in [6, 6.07) is 7.81. The number of carbonyl (C=O) groups is 1. The number of nitrogens with one attached hydrogen (secondary N) is 1. The van der Waals surface area contributed by atoms with Gasteiger partial charge in [0.25, 0.3) is 0 Å². The number of nitrogens with zero attached hydrogens (tertiary/aromatic N) is 3. The Kier molecular flexibility index (Phi) is 5.33. The fourth-order valence-corrected chi connectivity index (χ4v) is 3.41. The number of fused-ring (bicyclic) bond motifs is 1. The zero-order valence-electron chi connectivity index (χ0n) is 14.5. The number of hydrogen-bond acceptors (Lipinski definition) is 6. The number of H-pyrrole nitrogens is 1. The van der Waals surface area contributed by atoms with E-state index in [9.17, 15) is 4.79 Å². The quantitative estimate of drug-likeness (QED) is 0.536. The van der Waals surface area contributed by atoms with Crippen molar-refractivity contribution in [3.63, 3.8) is 0 Å². The number of ether oxygens (including phenoxy) is 1. The van der Waals surface area contributed by atoms with Crippen molar-refractivity contribution < 1.29 is 9.53 Å². The molecule has 1 N–H and O–H groups in total. The Balaban J connectivity index is 1.99. The van der Waals surface area contributed by atoms with Crippen LogP contribution < -0.4 is 0 Å². The summed E-state index contributed by atoms with van der Waals surface area (Å²) >= 11 is 1.45. The number of rotatable bonds is 6. The molecule has 7 heteroatoms. The molecule has 3 aromatic rings. The topological polar surface area (TPSA) is 80.8 Å². The van der Waals surface area contributed by atoms with Crippen molar-refractivity contribution in [2.24, 2.45) is 0 Å². The maximum Gasteiger partial charge on any atom is 0.340 e. The van der Waals surface area contributed by atoms with Crippen LogP contribution in [0.15, 0.2) is 29.4 Å². The number of para-hydroxylation sites is 1. The van der Waals surface area contributed by atoms with Gasteiger partial charge in [-0.3, -0.25) is 10.1 Å². The lowest BCUT2D eigenvalue weighted by atomic mass is 10.0. The molecule has 0 unspecified atom stereocenters. The minimum absolute atomic E-state index is 0.332. The molecule has 0 saturated carbocycles. The third-order valence-corrected chi connectivity index (χ3v) is 4.75. The second kappa shape index (κ2) is 7.65. The summed E-state index contributed by atoms with van der Waals surface area (Å²) in [7, 11) is 0. The molecule has 0 spiro atoms. The molecule has 2 heterocycles. The first kappa shape index (κ1) is 17.4.